The largest absolute Gasteiger partial charge is 0.332 e. The zero-order valence-electron chi connectivity index (χ0n) is 9.64. The standard InChI is InChI=1S/C10H18N2O2S/c1-8(2)12-6-5-11-10(12)7-15(13,14)9(3)4/h5-6,8-9H,7H2,1-4H3. The van der Waals surface area contributed by atoms with Gasteiger partial charge in [0.25, 0.3) is 0 Å². The van der Waals surface area contributed by atoms with Crippen molar-refractivity contribution in [2.24, 2.45) is 0 Å². The van der Waals surface area contributed by atoms with Gasteiger partial charge in [-0.05, 0) is 27.7 Å². The topological polar surface area (TPSA) is 52.0 Å². The number of sulfone groups is 1. The molecule has 0 aliphatic heterocycles. The quantitative estimate of drug-likeness (QED) is 0.792. The lowest BCUT2D eigenvalue weighted by molar-refractivity contribution is 0.562. The van der Waals surface area contributed by atoms with Gasteiger partial charge in [-0.15, -0.1) is 0 Å². The lowest BCUT2D eigenvalue weighted by atomic mass is 10.4. The SMILES string of the molecule is CC(C)n1ccnc1CS(=O)(=O)C(C)C. The molecule has 0 atom stereocenters. The molecule has 0 aliphatic carbocycles. The number of imidazole rings is 1. The second kappa shape index (κ2) is 4.35. The molecule has 1 heterocycles. The lowest BCUT2D eigenvalue weighted by Gasteiger charge is -2.12. The molecule has 1 aromatic heterocycles. The van der Waals surface area contributed by atoms with Gasteiger partial charge in [0.15, 0.2) is 9.84 Å². The van der Waals surface area contributed by atoms with E-state index in [9.17, 15) is 8.42 Å². The Morgan fingerprint density at radius 1 is 1.33 bits per heavy atom. The molecule has 0 saturated carbocycles. The van der Waals surface area contributed by atoms with E-state index in [4.69, 9.17) is 0 Å². The number of rotatable bonds is 4. The van der Waals surface area contributed by atoms with Crippen molar-refractivity contribution in [2.45, 2.75) is 44.7 Å². The highest BCUT2D eigenvalue weighted by Crippen LogP contribution is 2.13. The minimum Gasteiger partial charge on any atom is -0.332 e. The van der Waals surface area contributed by atoms with E-state index in [-0.39, 0.29) is 17.0 Å². The molecule has 1 rings (SSSR count). The first-order valence-electron chi connectivity index (χ1n) is 5.08. The fraction of sp³-hybridized carbons (Fsp3) is 0.700. The fourth-order valence-corrected chi connectivity index (χ4v) is 2.19. The summed E-state index contributed by atoms with van der Waals surface area (Å²) in [6.07, 6.45) is 3.46. The van der Waals surface area contributed by atoms with Crippen LogP contribution in [0.3, 0.4) is 0 Å². The van der Waals surface area contributed by atoms with Crippen LogP contribution in [0.4, 0.5) is 0 Å². The van der Waals surface area contributed by atoms with Crippen molar-refractivity contribution in [3.63, 3.8) is 0 Å². The predicted molar refractivity (Wildman–Crippen MR) is 60.4 cm³/mol. The Morgan fingerprint density at radius 3 is 2.40 bits per heavy atom. The fourth-order valence-electron chi connectivity index (χ4n) is 1.27. The third-order valence-electron chi connectivity index (χ3n) is 2.35. The first-order valence-corrected chi connectivity index (χ1v) is 6.79. The zero-order valence-corrected chi connectivity index (χ0v) is 10.5. The Kier molecular flexibility index (Phi) is 3.54. The molecule has 4 nitrogen and oxygen atoms in total. The minimum atomic E-state index is -3.06. The van der Waals surface area contributed by atoms with Crippen LogP contribution >= 0.6 is 0 Å². The maximum Gasteiger partial charge on any atom is 0.159 e. The summed E-state index contributed by atoms with van der Waals surface area (Å²) in [6.45, 7) is 7.40. The van der Waals surface area contributed by atoms with Crippen LogP contribution in [-0.4, -0.2) is 23.2 Å². The molecule has 86 valence electrons. The van der Waals surface area contributed by atoms with E-state index in [0.29, 0.717) is 5.82 Å². The molecule has 0 saturated heterocycles. The van der Waals surface area contributed by atoms with Crippen molar-refractivity contribution in [1.29, 1.82) is 0 Å². The molecule has 0 fully saturated rings. The summed E-state index contributed by atoms with van der Waals surface area (Å²) in [7, 11) is -3.06. The Balaban J connectivity index is 2.95. The zero-order chi connectivity index (χ0) is 11.6. The first-order chi connectivity index (χ1) is 6.84. The van der Waals surface area contributed by atoms with Crippen molar-refractivity contribution in [2.75, 3.05) is 0 Å². The van der Waals surface area contributed by atoms with Crippen LogP contribution in [0.15, 0.2) is 12.4 Å². The van der Waals surface area contributed by atoms with Crippen molar-refractivity contribution < 1.29 is 8.42 Å². The summed E-state index contributed by atoms with van der Waals surface area (Å²) in [4.78, 5) is 4.09. The molecule has 5 heteroatoms. The molecule has 0 aromatic carbocycles. The molecule has 0 bridgehead atoms. The van der Waals surface area contributed by atoms with Crippen LogP contribution in [-0.2, 0) is 15.6 Å². The Morgan fingerprint density at radius 2 is 1.93 bits per heavy atom. The van der Waals surface area contributed by atoms with Crippen LogP contribution in [0.2, 0.25) is 0 Å². The molecule has 0 spiro atoms. The normalized spacial score (nSPS) is 12.7. The van der Waals surface area contributed by atoms with Gasteiger partial charge in [-0.1, -0.05) is 0 Å². The molecular weight excluding hydrogens is 212 g/mol. The number of hydrogen-bond donors (Lipinski definition) is 0. The average molecular weight is 230 g/mol. The van der Waals surface area contributed by atoms with Gasteiger partial charge in [0.2, 0.25) is 0 Å². The van der Waals surface area contributed by atoms with Crippen molar-refractivity contribution in [3.05, 3.63) is 18.2 Å². The van der Waals surface area contributed by atoms with Gasteiger partial charge in [0.05, 0.1) is 5.25 Å². The third kappa shape index (κ3) is 2.81. The van der Waals surface area contributed by atoms with Crippen molar-refractivity contribution in [3.8, 4) is 0 Å². The van der Waals surface area contributed by atoms with E-state index in [1.165, 1.54) is 0 Å². The second-order valence-corrected chi connectivity index (χ2v) is 6.76. The van der Waals surface area contributed by atoms with Crippen molar-refractivity contribution >= 4 is 9.84 Å². The molecule has 15 heavy (non-hydrogen) atoms. The predicted octanol–water partition coefficient (Wildman–Crippen LogP) is 1.79. The molecule has 0 N–H and O–H groups in total. The summed E-state index contributed by atoms with van der Waals surface area (Å²) in [5.74, 6) is 0.647. The molecule has 0 amide bonds. The molecule has 1 aromatic rings. The summed E-state index contributed by atoms with van der Waals surface area (Å²) in [5, 5.41) is -0.352. The monoisotopic (exact) mass is 230 g/mol. The van der Waals surface area contributed by atoms with Crippen molar-refractivity contribution in [1.82, 2.24) is 9.55 Å². The summed E-state index contributed by atoms with van der Waals surface area (Å²) >= 11 is 0. The Bertz CT molecular complexity index is 418. The Hall–Kier alpha value is -0.840. The van der Waals surface area contributed by atoms with E-state index >= 15 is 0 Å². The van der Waals surface area contributed by atoms with E-state index in [1.807, 2.05) is 24.6 Å². The van der Waals surface area contributed by atoms with Crippen LogP contribution in [0.25, 0.3) is 0 Å². The number of aromatic nitrogens is 2. The van der Waals surface area contributed by atoms with Gasteiger partial charge >= 0.3 is 0 Å². The summed E-state index contributed by atoms with van der Waals surface area (Å²) in [6, 6.07) is 0.241. The highest BCUT2D eigenvalue weighted by atomic mass is 32.2. The van der Waals surface area contributed by atoms with E-state index in [0.717, 1.165) is 0 Å². The maximum atomic E-state index is 11.7. The first kappa shape index (κ1) is 12.2. The molecule has 0 aliphatic rings. The van der Waals surface area contributed by atoms with E-state index in [2.05, 4.69) is 4.98 Å². The molecular formula is C10H18N2O2S. The van der Waals surface area contributed by atoms with Gasteiger partial charge in [-0.25, -0.2) is 13.4 Å². The van der Waals surface area contributed by atoms with Crippen LogP contribution in [0, 0.1) is 0 Å². The summed E-state index contributed by atoms with van der Waals surface area (Å²) in [5.41, 5.74) is 0. The molecule has 0 unspecified atom stereocenters. The van der Waals surface area contributed by atoms with Gasteiger partial charge in [-0.2, -0.15) is 0 Å². The van der Waals surface area contributed by atoms with Gasteiger partial charge in [0.1, 0.15) is 11.6 Å². The van der Waals surface area contributed by atoms with E-state index in [1.54, 1.807) is 20.0 Å². The second-order valence-electron chi connectivity index (χ2n) is 4.20. The average Bonchev–Trinajstić information content (AvgIpc) is 2.51. The van der Waals surface area contributed by atoms with Crippen LogP contribution in [0.1, 0.15) is 39.6 Å². The summed E-state index contributed by atoms with van der Waals surface area (Å²) < 4.78 is 25.3. The lowest BCUT2D eigenvalue weighted by Crippen LogP contribution is -2.19. The van der Waals surface area contributed by atoms with Gasteiger partial charge < -0.3 is 4.57 Å². The minimum absolute atomic E-state index is 0.0237. The highest BCUT2D eigenvalue weighted by Gasteiger charge is 2.20. The number of nitrogens with zero attached hydrogens (tertiary/aromatic N) is 2. The van der Waals surface area contributed by atoms with Gasteiger partial charge in [-0.3, -0.25) is 0 Å². The van der Waals surface area contributed by atoms with Crippen LogP contribution in [0.5, 0.6) is 0 Å². The highest BCUT2D eigenvalue weighted by molar-refractivity contribution is 7.91. The van der Waals surface area contributed by atoms with Crippen LogP contribution < -0.4 is 0 Å². The molecule has 0 radical (unpaired) electrons. The smallest absolute Gasteiger partial charge is 0.159 e. The maximum absolute atomic E-state index is 11.7. The number of hydrogen-bond acceptors (Lipinski definition) is 3. The third-order valence-corrected chi connectivity index (χ3v) is 4.45. The van der Waals surface area contributed by atoms with Gasteiger partial charge in [0, 0.05) is 18.4 Å². The Labute approximate surface area is 91.3 Å². The van der Waals surface area contributed by atoms with E-state index < -0.39 is 9.84 Å².